The van der Waals surface area contributed by atoms with E-state index in [-0.39, 0.29) is 5.97 Å². The van der Waals surface area contributed by atoms with E-state index in [2.05, 4.69) is 15.3 Å². The molecule has 2 aromatic heterocycles. The van der Waals surface area contributed by atoms with E-state index in [4.69, 9.17) is 4.74 Å². The van der Waals surface area contributed by atoms with Gasteiger partial charge in [0.2, 0.25) is 0 Å². The van der Waals surface area contributed by atoms with Gasteiger partial charge < -0.3 is 10.1 Å². The Hall–Kier alpha value is -2.47. The molecule has 3 aromatic rings. The van der Waals surface area contributed by atoms with E-state index < -0.39 is 0 Å². The third-order valence-corrected chi connectivity index (χ3v) is 5.79. The van der Waals surface area contributed by atoms with Gasteiger partial charge in [0.15, 0.2) is 0 Å². The minimum absolute atomic E-state index is 0.318. The summed E-state index contributed by atoms with van der Waals surface area (Å²) in [5.74, 6) is 0.586. The van der Waals surface area contributed by atoms with Gasteiger partial charge in [0.05, 0.1) is 18.1 Å². The topological polar surface area (TPSA) is 64.1 Å². The van der Waals surface area contributed by atoms with Crippen LogP contribution < -0.4 is 5.32 Å². The first-order valence-electron chi connectivity index (χ1n) is 8.42. The Bertz CT molecular complexity index is 918. The quantitative estimate of drug-likeness (QED) is 0.719. The molecule has 0 aliphatic heterocycles. The standard InChI is InChI=1S/C19H19N3O2S/c1-24-19(23)13-8-6-12(7-9-13)10-20-17-16-14-4-2-3-5-15(14)25-18(16)22-11-21-17/h6-9,11H,2-5,10H2,1H3,(H,20,21,22). The lowest BCUT2D eigenvalue weighted by Crippen LogP contribution is -2.05. The summed E-state index contributed by atoms with van der Waals surface area (Å²) in [5, 5.41) is 4.63. The third-order valence-electron chi connectivity index (χ3n) is 4.59. The van der Waals surface area contributed by atoms with Gasteiger partial charge in [-0.3, -0.25) is 0 Å². The Labute approximate surface area is 150 Å². The summed E-state index contributed by atoms with van der Waals surface area (Å²) in [4.78, 5) is 23.0. The van der Waals surface area contributed by atoms with Gasteiger partial charge in [0, 0.05) is 11.4 Å². The molecule has 0 radical (unpaired) electrons. The number of hydrogen-bond donors (Lipinski definition) is 1. The van der Waals surface area contributed by atoms with Crippen molar-refractivity contribution in [2.45, 2.75) is 32.2 Å². The summed E-state index contributed by atoms with van der Waals surface area (Å²) in [6, 6.07) is 7.43. The van der Waals surface area contributed by atoms with E-state index in [1.54, 1.807) is 29.8 Å². The van der Waals surface area contributed by atoms with Crippen molar-refractivity contribution in [2.75, 3.05) is 12.4 Å². The number of hydrogen-bond acceptors (Lipinski definition) is 6. The highest BCUT2D eigenvalue weighted by atomic mass is 32.1. The van der Waals surface area contributed by atoms with Crippen LogP contribution >= 0.6 is 11.3 Å². The lowest BCUT2D eigenvalue weighted by atomic mass is 9.97. The molecule has 0 amide bonds. The van der Waals surface area contributed by atoms with Crippen molar-refractivity contribution in [2.24, 2.45) is 0 Å². The lowest BCUT2D eigenvalue weighted by molar-refractivity contribution is 0.0600. The number of anilines is 1. The van der Waals surface area contributed by atoms with Gasteiger partial charge in [0.25, 0.3) is 0 Å². The summed E-state index contributed by atoms with van der Waals surface area (Å²) >= 11 is 1.80. The van der Waals surface area contributed by atoms with Crippen LogP contribution in [-0.4, -0.2) is 23.0 Å². The summed E-state index contributed by atoms with van der Waals surface area (Å²) < 4.78 is 4.73. The predicted molar refractivity (Wildman–Crippen MR) is 99.2 cm³/mol. The molecule has 1 N–H and O–H groups in total. The number of aryl methyl sites for hydroxylation is 2. The van der Waals surface area contributed by atoms with Crippen LogP contribution in [0.1, 0.15) is 39.2 Å². The molecule has 0 spiro atoms. The number of fused-ring (bicyclic) bond motifs is 3. The van der Waals surface area contributed by atoms with Crippen LogP contribution in [0.5, 0.6) is 0 Å². The van der Waals surface area contributed by atoms with Crippen LogP contribution in [0.25, 0.3) is 10.2 Å². The Kier molecular flexibility index (Phi) is 4.36. The normalized spacial score (nSPS) is 13.5. The summed E-state index contributed by atoms with van der Waals surface area (Å²) in [6.07, 6.45) is 6.41. The zero-order chi connectivity index (χ0) is 17.2. The average molecular weight is 353 g/mol. The smallest absolute Gasteiger partial charge is 0.337 e. The number of nitrogens with zero attached hydrogens (tertiary/aromatic N) is 2. The zero-order valence-corrected chi connectivity index (χ0v) is 14.9. The molecule has 0 saturated heterocycles. The largest absolute Gasteiger partial charge is 0.465 e. The maximum atomic E-state index is 11.5. The molecule has 1 aliphatic rings. The summed E-state index contributed by atoms with van der Waals surface area (Å²) in [5.41, 5.74) is 3.07. The van der Waals surface area contributed by atoms with E-state index in [1.807, 2.05) is 12.1 Å². The van der Waals surface area contributed by atoms with Gasteiger partial charge in [-0.05, 0) is 48.9 Å². The number of esters is 1. The fourth-order valence-electron chi connectivity index (χ4n) is 3.29. The molecule has 1 aliphatic carbocycles. The first kappa shape index (κ1) is 16.0. The van der Waals surface area contributed by atoms with E-state index >= 15 is 0 Å². The number of carbonyl (C=O) groups excluding carboxylic acids is 1. The minimum Gasteiger partial charge on any atom is -0.465 e. The number of aromatic nitrogens is 2. The van der Waals surface area contributed by atoms with Crippen molar-refractivity contribution < 1.29 is 9.53 Å². The number of thiophene rings is 1. The van der Waals surface area contributed by atoms with Gasteiger partial charge in [-0.2, -0.15) is 0 Å². The third kappa shape index (κ3) is 3.09. The fourth-order valence-corrected chi connectivity index (χ4v) is 4.52. The van der Waals surface area contributed by atoms with Gasteiger partial charge in [-0.15, -0.1) is 11.3 Å². The first-order valence-corrected chi connectivity index (χ1v) is 9.24. The Balaban J connectivity index is 1.57. The minimum atomic E-state index is -0.318. The van der Waals surface area contributed by atoms with Crippen molar-refractivity contribution in [3.8, 4) is 0 Å². The predicted octanol–water partition coefficient (Wildman–Crippen LogP) is 3.97. The molecular weight excluding hydrogens is 334 g/mol. The molecule has 5 nitrogen and oxygen atoms in total. The summed E-state index contributed by atoms with van der Waals surface area (Å²) in [7, 11) is 1.39. The van der Waals surface area contributed by atoms with Crippen LogP contribution in [0.3, 0.4) is 0 Å². The van der Waals surface area contributed by atoms with Crippen LogP contribution in [0, 0.1) is 0 Å². The number of benzene rings is 1. The molecular formula is C19H19N3O2S. The number of rotatable bonds is 4. The van der Waals surface area contributed by atoms with Crippen LogP contribution in [0.15, 0.2) is 30.6 Å². The molecule has 0 unspecified atom stereocenters. The Morgan fingerprint density at radius 2 is 2.00 bits per heavy atom. The maximum absolute atomic E-state index is 11.5. The molecule has 0 saturated carbocycles. The molecule has 6 heteroatoms. The van der Waals surface area contributed by atoms with Crippen molar-refractivity contribution in [1.82, 2.24) is 9.97 Å². The molecule has 4 rings (SSSR count). The van der Waals surface area contributed by atoms with Crippen molar-refractivity contribution in [3.05, 3.63) is 52.2 Å². The van der Waals surface area contributed by atoms with Crippen molar-refractivity contribution in [1.29, 1.82) is 0 Å². The van der Waals surface area contributed by atoms with E-state index in [0.717, 1.165) is 29.1 Å². The lowest BCUT2D eigenvalue weighted by Gasteiger charge is -2.12. The van der Waals surface area contributed by atoms with E-state index in [0.29, 0.717) is 12.1 Å². The average Bonchev–Trinajstić information content (AvgIpc) is 3.05. The van der Waals surface area contributed by atoms with Gasteiger partial charge in [0.1, 0.15) is 17.0 Å². The zero-order valence-electron chi connectivity index (χ0n) is 14.0. The Morgan fingerprint density at radius 3 is 2.80 bits per heavy atom. The molecule has 0 atom stereocenters. The van der Waals surface area contributed by atoms with Gasteiger partial charge in [-0.1, -0.05) is 12.1 Å². The number of carbonyl (C=O) groups is 1. The molecule has 25 heavy (non-hydrogen) atoms. The summed E-state index contributed by atoms with van der Waals surface area (Å²) in [6.45, 7) is 0.651. The SMILES string of the molecule is COC(=O)c1ccc(CNc2ncnc3sc4c(c23)CCCC4)cc1. The van der Waals surface area contributed by atoms with Crippen LogP contribution in [0.2, 0.25) is 0 Å². The van der Waals surface area contributed by atoms with Crippen molar-refractivity contribution in [3.63, 3.8) is 0 Å². The highest BCUT2D eigenvalue weighted by Crippen LogP contribution is 2.38. The highest BCUT2D eigenvalue weighted by Gasteiger charge is 2.19. The molecule has 2 heterocycles. The second-order valence-corrected chi connectivity index (χ2v) is 7.24. The highest BCUT2D eigenvalue weighted by molar-refractivity contribution is 7.19. The van der Waals surface area contributed by atoms with Crippen molar-refractivity contribution >= 4 is 33.3 Å². The molecule has 0 bridgehead atoms. The molecule has 1 aromatic carbocycles. The van der Waals surface area contributed by atoms with Crippen LogP contribution in [-0.2, 0) is 24.1 Å². The fraction of sp³-hybridized carbons (Fsp3) is 0.316. The van der Waals surface area contributed by atoms with Gasteiger partial charge >= 0.3 is 5.97 Å². The monoisotopic (exact) mass is 353 g/mol. The number of methoxy groups -OCH3 is 1. The first-order chi connectivity index (χ1) is 12.3. The number of nitrogens with one attached hydrogen (secondary N) is 1. The van der Waals surface area contributed by atoms with Crippen LogP contribution in [0.4, 0.5) is 5.82 Å². The second-order valence-electron chi connectivity index (χ2n) is 6.16. The van der Waals surface area contributed by atoms with E-state index in [9.17, 15) is 4.79 Å². The van der Waals surface area contributed by atoms with Gasteiger partial charge in [-0.25, -0.2) is 14.8 Å². The number of ether oxygens (including phenoxy) is 1. The Morgan fingerprint density at radius 1 is 1.20 bits per heavy atom. The molecule has 0 fully saturated rings. The molecule has 128 valence electrons. The van der Waals surface area contributed by atoms with E-state index in [1.165, 1.54) is 35.8 Å². The second kappa shape index (κ2) is 6.80. The maximum Gasteiger partial charge on any atom is 0.337 e.